The lowest BCUT2D eigenvalue weighted by molar-refractivity contribution is 0.0990. The zero-order chi connectivity index (χ0) is 19.0. The van der Waals surface area contributed by atoms with E-state index in [1.54, 1.807) is 43.4 Å². The molecule has 0 atom stereocenters. The molecule has 0 aliphatic carbocycles. The molecule has 3 aromatic carbocycles. The fourth-order valence-corrected chi connectivity index (χ4v) is 2.99. The molecular formula is C22H18N2O3. The minimum atomic E-state index is -0.246. The van der Waals surface area contributed by atoms with Crippen LogP contribution in [0.3, 0.4) is 0 Å². The average Bonchev–Trinajstić information content (AvgIpc) is 2.79. The summed E-state index contributed by atoms with van der Waals surface area (Å²) in [6.45, 7) is 1.99. The van der Waals surface area contributed by atoms with Gasteiger partial charge in [-0.05, 0) is 49.4 Å². The first-order valence-corrected chi connectivity index (χ1v) is 8.60. The first kappa shape index (κ1) is 16.8. The number of hydrogen-bond donors (Lipinski definition) is 1. The van der Waals surface area contributed by atoms with Crippen molar-refractivity contribution in [1.82, 2.24) is 0 Å². The number of benzene rings is 3. The van der Waals surface area contributed by atoms with Gasteiger partial charge in [-0.3, -0.25) is 9.59 Å². The van der Waals surface area contributed by atoms with Crippen molar-refractivity contribution in [1.29, 1.82) is 0 Å². The molecule has 5 nitrogen and oxygen atoms in total. The van der Waals surface area contributed by atoms with Gasteiger partial charge in [0.25, 0.3) is 11.8 Å². The molecule has 0 saturated heterocycles. The Hall–Kier alpha value is -3.60. The van der Waals surface area contributed by atoms with Crippen LogP contribution >= 0.6 is 0 Å². The Kier molecular flexibility index (Phi) is 4.12. The lowest BCUT2D eigenvalue weighted by Crippen LogP contribution is -2.25. The number of carbonyl (C=O) groups is 2. The van der Waals surface area contributed by atoms with Crippen LogP contribution < -0.4 is 15.0 Å². The van der Waals surface area contributed by atoms with E-state index in [4.69, 9.17) is 4.74 Å². The number of para-hydroxylation sites is 1. The Morgan fingerprint density at radius 1 is 0.963 bits per heavy atom. The highest BCUT2D eigenvalue weighted by Gasteiger charge is 2.26. The predicted octanol–water partition coefficient (Wildman–Crippen LogP) is 4.63. The van der Waals surface area contributed by atoms with Gasteiger partial charge in [0.1, 0.15) is 5.75 Å². The zero-order valence-electron chi connectivity index (χ0n) is 15.0. The van der Waals surface area contributed by atoms with Gasteiger partial charge >= 0.3 is 0 Å². The molecular weight excluding hydrogens is 340 g/mol. The summed E-state index contributed by atoms with van der Waals surface area (Å²) in [6.07, 6.45) is 0. The maximum atomic E-state index is 12.7. The van der Waals surface area contributed by atoms with Gasteiger partial charge in [-0.25, -0.2) is 0 Å². The molecule has 0 aromatic heterocycles. The summed E-state index contributed by atoms with van der Waals surface area (Å²) in [5.41, 5.74) is 3.32. The Labute approximate surface area is 157 Å². The normalized spacial score (nSPS) is 12.5. The molecule has 1 aliphatic heterocycles. The molecule has 0 fully saturated rings. The summed E-state index contributed by atoms with van der Waals surface area (Å²) in [7, 11) is 1.67. The van der Waals surface area contributed by atoms with Crippen molar-refractivity contribution in [2.45, 2.75) is 6.92 Å². The third kappa shape index (κ3) is 3.15. The number of carbonyl (C=O) groups excluding carboxylic acids is 2. The Morgan fingerprint density at radius 3 is 2.48 bits per heavy atom. The summed E-state index contributed by atoms with van der Waals surface area (Å²) in [4.78, 5) is 26.9. The second-order valence-electron chi connectivity index (χ2n) is 6.47. The summed E-state index contributed by atoms with van der Waals surface area (Å²) in [5.74, 6) is 0.609. The molecule has 1 aliphatic rings. The molecule has 0 radical (unpaired) electrons. The van der Waals surface area contributed by atoms with E-state index in [0.717, 1.165) is 5.56 Å². The number of anilines is 2. The predicted molar refractivity (Wildman–Crippen MR) is 105 cm³/mol. The third-order valence-corrected chi connectivity index (χ3v) is 4.53. The van der Waals surface area contributed by atoms with Crippen LogP contribution in [0.4, 0.5) is 11.4 Å². The van der Waals surface area contributed by atoms with E-state index in [1.165, 1.54) is 4.90 Å². The van der Waals surface area contributed by atoms with Gasteiger partial charge in [0.15, 0.2) is 5.75 Å². The maximum Gasteiger partial charge on any atom is 0.261 e. The molecule has 1 N–H and O–H groups in total. The average molecular weight is 358 g/mol. The van der Waals surface area contributed by atoms with Crippen molar-refractivity contribution < 1.29 is 14.3 Å². The smallest absolute Gasteiger partial charge is 0.261 e. The Morgan fingerprint density at radius 2 is 1.70 bits per heavy atom. The van der Waals surface area contributed by atoms with Crippen LogP contribution in [0.5, 0.6) is 11.5 Å². The monoisotopic (exact) mass is 358 g/mol. The molecule has 2 amide bonds. The van der Waals surface area contributed by atoms with E-state index in [9.17, 15) is 9.59 Å². The second-order valence-corrected chi connectivity index (χ2v) is 6.47. The molecule has 134 valence electrons. The molecule has 5 heteroatoms. The number of rotatable bonds is 2. The van der Waals surface area contributed by atoms with Crippen LogP contribution in [0.2, 0.25) is 0 Å². The molecule has 0 saturated carbocycles. The van der Waals surface area contributed by atoms with Crippen LogP contribution in [0.1, 0.15) is 26.3 Å². The highest BCUT2D eigenvalue weighted by molar-refractivity contribution is 6.11. The minimum Gasteiger partial charge on any atom is -0.454 e. The summed E-state index contributed by atoms with van der Waals surface area (Å²) < 4.78 is 5.92. The molecule has 27 heavy (non-hydrogen) atoms. The highest BCUT2D eigenvalue weighted by atomic mass is 16.5. The topological polar surface area (TPSA) is 58.6 Å². The maximum absolute atomic E-state index is 12.7. The number of aryl methyl sites for hydroxylation is 1. The number of amides is 2. The van der Waals surface area contributed by atoms with E-state index >= 15 is 0 Å². The lowest BCUT2D eigenvalue weighted by atomic mass is 10.1. The van der Waals surface area contributed by atoms with E-state index in [0.29, 0.717) is 34.0 Å². The van der Waals surface area contributed by atoms with Crippen molar-refractivity contribution in [3.63, 3.8) is 0 Å². The number of hydrogen-bond acceptors (Lipinski definition) is 3. The molecule has 0 spiro atoms. The van der Waals surface area contributed by atoms with E-state index in [2.05, 4.69) is 5.32 Å². The van der Waals surface area contributed by atoms with Gasteiger partial charge in [0.05, 0.1) is 11.3 Å². The van der Waals surface area contributed by atoms with E-state index < -0.39 is 0 Å². The number of nitrogens with one attached hydrogen (secondary N) is 1. The molecule has 0 bridgehead atoms. The SMILES string of the molecule is Cc1ccc(NC(=O)c2ccc3c(c2)N(C)C(=O)c2ccccc2O3)cc1. The first-order valence-electron chi connectivity index (χ1n) is 8.60. The van der Waals surface area contributed by atoms with Crippen LogP contribution in [0.15, 0.2) is 66.7 Å². The minimum absolute atomic E-state index is 0.180. The van der Waals surface area contributed by atoms with Crippen molar-refractivity contribution in [3.8, 4) is 11.5 Å². The van der Waals surface area contributed by atoms with Gasteiger partial charge in [-0.15, -0.1) is 0 Å². The van der Waals surface area contributed by atoms with Crippen molar-refractivity contribution in [2.24, 2.45) is 0 Å². The molecule has 4 rings (SSSR count). The van der Waals surface area contributed by atoms with Gasteiger partial charge in [0, 0.05) is 18.3 Å². The highest BCUT2D eigenvalue weighted by Crippen LogP contribution is 2.38. The van der Waals surface area contributed by atoms with Crippen LogP contribution in [0.25, 0.3) is 0 Å². The van der Waals surface area contributed by atoms with Crippen molar-refractivity contribution in [3.05, 3.63) is 83.4 Å². The van der Waals surface area contributed by atoms with Crippen LogP contribution in [0, 0.1) is 6.92 Å². The van der Waals surface area contributed by atoms with E-state index in [-0.39, 0.29) is 11.8 Å². The molecule has 3 aromatic rings. The largest absolute Gasteiger partial charge is 0.454 e. The summed E-state index contributed by atoms with van der Waals surface area (Å²) >= 11 is 0. The third-order valence-electron chi connectivity index (χ3n) is 4.53. The second kappa shape index (κ2) is 6.61. The summed E-state index contributed by atoms with van der Waals surface area (Å²) in [6, 6.07) is 19.7. The summed E-state index contributed by atoms with van der Waals surface area (Å²) in [5, 5.41) is 2.87. The number of fused-ring (bicyclic) bond motifs is 2. The van der Waals surface area contributed by atoms with Gasteiger partial charge in [0.2, 0.25) is 0 Å². The van der Waals surface area contributed by atoms with Crippen LogP contribution in [-0.2, 0) is 0 Å². The quantitative estimate of drug-likeness (QED) is 0.727. The van der Waals surface area contributed by atoms with Crippen molar-refractivity contribution in [2.75, 3.05) is 17.3 Å². The number of nitrogens with zero attached hydrogens (tertiary/aromatic N) is 1. The van der Waals surface area contributed by atoms with E-state index in [1.807, 2.05) is 37.3 Å². The van der Waals surface area contributed by atoms with Gasteiger partial charge < -0.3 is 15.0 Å². The van der Waals surface area contributed by atoms with Gasteiger partial charge in [-0.1, -0.05) is 29.8 Å². The fraction of sp³-hybridized carbons (Fsp3) is 0.0909. The zero-order valence-corrected chi connectivity index (χ0v) is 15.0. The fourth-order valence-electron chi connectivity index (χ4n) is 2.99. The number of ether oxygens (including phenoxy) is 1. The molecule has 0 unspecified atom stereocenters. The Balaban J connectivity index is 1.66. The first-order chi connectivity index (χ1) is 13.0. The van der Waals surface area contributed by atoms with Crippen molar-refractivity contribution >= 4 is 23.2 Å². The van der Waals surface area contributed by atoms with Gasteiger partial charge in [-0.2, -0.15) is 0 Å². The lowest BCUT2D eigenvalue weighted by Gasteiger charge is -2.17. The standard InChI is InChI=1S/C22H18N2O3/c1-14-7-10-16(11-8-14)23-21(25)15-9-12-20-18(13-15)24(2)22(26)17-5-3-4-6-19(17)27-20/h3-13H,1-2H3,(H,23,25). The Bertz CT molecular complexity index is 1040. The molecule has 1 heterocycles. The van der Waals surface area contributed by atoms with Crippen LogP contribution in [-0.4, -0.2) is 18.9 Å².